The third-order valence-electron chi connectivity index (χ3n) is 21.2. The number of nitrogens with one attached hydrogen (secondary N) is 2. The van der Waals surface area contributed by atoms with E-state index in [9.17, 15) is 9.90 Å². The summed E-state index contributed by atoms with van der Waals surface area (Å²) in [5.41, 5.74) is 15.5. The highest BCUT2D eigenvalue weighted by atomic mass is 79.9. The molecule has 21 rings (SSSR count). The fourth-order valence-electron chi connectivity index (χ4n) is 14.5. The molecule has 3 N–H and O–H groups in total. The van der Waals surface area contributed by atoms with Crippen LogP contribution in [0.3, 0.4) is 0 Å². The number of aryl methyl sites for hydroxylation is 1. The number of likely N-dealkylation sites (tertiary alicyclic amines) is 1. The van der Waals surface area contributed by atoms with Gasteiger partial charge >= 0.3 is 0 Å². The fourth-order valence-corrected chi connectivity index (χ4v) is 17.7. The van der Waals surface area contributed by atoms with Gasteiger partial charge in [-0.1, -0.05) is 210 Å². The summed E-state index contributed by atoms with van der Waals surface area (Å²) in [6.07, 6.45) is 10.8. The average Bonchev–Trinajstić information content (AvgIpc) is 1.62. The Bertz CT molecular complexity index is 6190. The minimum Gasteiger partial charge on any atom is -0.394 e. The Hall–Kier alpha value is -10.1. The first-order chi connectivity index (χ1) is 56.7. The average molecular weight is 1730 g/mol. The first-order valence-corrected chi connectivity index (χ1v) is 42.2. The van der Waals surface area contributed by atoms with E-state index in [2.05, 4.69) is 123 Å². The molecule has 31 heteroatoms. The molecule has 0 atom stereocenters. The van der Waals surface area contributed by atoms with Crippen LogP contribution in [0.4, 0.5) is 0 Å². The summed E-state index contributed by atoms with van der Waals surface area (Å²) in [7, 11) is 2.18. The summed E-state index contributed by atoms with van der Waals surface area (Å²) in [5, 5.41) is 81.4. The third kappa shape index (κ3) is 16.8. The van der Waals surface area contributed by atoms with E-state index in [-0.39, 0.29) is 19.1 Å². The highest BCUT2D eigenvalue weighted by molar-refractivity contribution is 9.10. The highest BCUT2D eigenvalue weighted by Gasteiger charge is 2.35. The molecule has 0 radical (unpaired) electrons. The first-order valence-electron chi connectivity index (χ1n) is 38.7. The van der Waals surface area contributed by atoms with Gasteiger partial charge in [0.15, 0.2) is 22.6 Å². The molecule has 11 aromatic heterocycles. The summed E-state index contributed by atoms with van der Waals surface area (Å²) in [5.74, 6) is 1.49. The molecule has 116 heavy (non-hydrogen) atoms. The number of carbonyl (C=O) groups excluding carboxylic acids is 1. The second-order valence-corrected chi connectivity index (χ2v) is 33.4. The van der Waals surface area contributed by atoms with E-state index in [1.165, 1.54) is 17.7 Å². The van der Waals surface area contributed by atoms with Gasteiger partial charge in [-0.3, -0.25) is 14.8 Å². The van der Waals surface area contributed by atoms with E-state index in [1.54, 1.807) is 26.9 Å². The zero-order chi connectivity index (χ0) is 79.5. The van der Waals surface area contributed by atoms with Gasteiger partial charge in [-0.05, 0) is 93.4 Å². The number of aliphatic hydroxyl groups is 1. The van der Waals surface area contributed by atoms with Crippen molar-refractivity contribution >= 4 is 146 Å². The Balaban J connectivity index is 0.000000106. The molecule has 5 fully saturated rings. The number of hydrogen-bond donors (Lipinski definition) is 3. The standard InChI is InChI=1S/C23H25ClN6S.C20H20ClN5O.C16H15ClN4O.C14H11ClN4.C12H7BrClN3/c1-16-8-9-18(31-16)22-19-20(24)21(17-6-4-3-5-7-17)25-26-23(19)30(27-22)15-14-29-12-10-28(2)11-13-29;21-17-16-18(14-8-9-14)24-26(12-15(27)25-10-4-5-11-25)20(16)23-22-19(17)13-6-2-1-3-7-13;17-13-12-14(11-6-7-11)20-21(8-9-22)16(12)19-18-15(13)10-4-2-1-3-5-10;15-11-10-12(9-6-7-9)16-18-14(10)19-17-13(11)8-4-2-1-3-5-8;13-8-6-15-12-9(8)10(14)11(16-17-12)7-4-2-1-3-5-7/h3-9H,10-15H2,1-2H3;1-3,6-7,14H,4-5,8-12H2;1-5,11,22H,6-9H2;1-5,9H,6-7H2,(H,16,18,19);1-6H,(H,15,17). The van der Waals surface area contributed by atoms with Crippen LogP contribution in [0.25, 0.3) is 122 Å². The van der Waals surface area contributed by atoms with E-state index >= 15 is 0 Å². The Labute approximate surface area is 704 Å². The van der Waals surface area contributed by atoms with Gasteiger partial charge in [0.05, 0.1) is 88.0 Å². The predicted molar refractivity (Wildman–Crippen MR) is 462 cm³/mol. The maximum atomic E-state index is 12.6. The molecular weight excluding hydrogens is 1650 g/mol. The minimum atomic E-state index is 0.0145. The molecule has 0 spiro atoms. The van der Waals surface area contributed by atoms with E-state index in [1.807, 2.05) is 161 Å². The lowest BCUT2D eigenvalue weighted by Crippen LogP contribution is -2.45. The highest BCUT2D eigenvalue weighted by Crippen LogP contribution is 2.49. The molecule has 5 aromatic carbocycles. The summed E-state index contributed by atoms with van der Waals surface area (Å²) >= 11 is 38.4. The van der Waals surface area contributed by atoms with Gasteiger partial charge in [-0.2, -0.15) is 20.4 Å². The van der Waals surface area contributed by atoms with E-state index in [4.69, 9.17) is 68.2 Å². The number of nitrogens with zero attached hydrogens (tertiary/aromatic N) is 20. The smallest absolute Gasteiger partial charge is 0.244 e. The summed E-state index contributed by atoms with van der Waals surface area (Å²) in [6.45, 7) is 10.4. The molecule has 0 bridgehead atoms. The number of H-pyrrole nitrogens is 2. The Morgan fingerprint density at radius 1 is 0.466 bits per heavy atom. The van der Waals surface area contributed by atoms with Gasteiger partial charge in [0.1, 0.15) is 40.7 Å². The van der Waals surface area contributed by atoms with Crippen LogP contribution in [0, 0.1) is 6.92 Å². The molecule has 2 saturated heterocycles. The summed E-state index contributed by atoms with van der Waals surface area (Å²) in [4.78, 5) is 24.7. The third-order valence-corrected chi connectivity index (χ3v) is 24.7. The lowest BCUT2D eigenvalue weighted by Gasteiger charge is -2.32. The van der Waals surface area contributed by atoms with Crippen LogP contribution in [0.2, 0.25) is 25.1 Å². The molecule has 24 nitrogen and oxygen atoms in total. The van der Waals surface area contributed by atoms with Crippen LogP contribution in [-0.2, 0) is 24.4 Å². The van der Waals surface area contributed by atoms with Crippen molar-refractivity contribution in [2.75, 3.05) is 59.5 Å². The largest absolute Gasteiger partial charge is 0.394 e. The molecule has 588 valence electrons. The minimum absolute atomic E-state index is 0.0145. The van der Waals surface area contributed by atoms with Crippen molar-refractivity contribution in [3.05, 3.63) is 222 Å². The number of hydrogen-bond acceptors (Lipinski definition) is 19. The van der Waals surface area contributed by atoms with Crippen molar-refractivity contribution in [2.45, 2.75) is 95.7 Å². The molecule has 3 aliphatic carbocycles. The van der Waals surface area contributed by atoms with Crippen molar-refractivity contribution < 1.29 is 9.90 Å². The van der Waals surface area contributed by atoms with E-state index in [0.29, 0.717) is 94.8 Å². The lowest BCUT2D eigenvalue weighted by molar-refractivity contribution is -0.130. The number of amides is 1. The fraction of sp³-hybridized carbons (Fsp3) is 0.282. The van der Waals surface area contributed by atoms with Crippen LogP contribution in [0.5, 0.6) is 0 Å². The molecule has 0 unspecified atom stereocenters. The molecule has 1 amide bonds. The van der Waals surface area contributed by atoms with Crippen LogP contribution >= 0.6 is 85.3 Å². The van der Waals surface area contributed by atoms with E-state index < -0.39 is 0 Å². The molecule has 2 aliphatic heterocycles. The van der Waals surface area contributed by atoms with Crippen LogP contribution in [0.15, 0.2) is 174 Å². The summed E-state index contributed by atoms with van der Waals surface area (Å²) < 4.78 is 6.27. The second-order valence-electron chi connectivity index (χ2n) is 29.3. The van der Waals surface area contributed by atoms with Crippen LogP contribution in [0.1, 0.15) is 91.1 Å². The number of likely N-dealkylation sites (N-methyl/N-ethyl adjacent to an activating group) is 1. The predicted octanol–water partition coefficient (Wildman–Crippen LogP) is 18.7. The number of aromatic nitrogens is 19. The number of aliphatic hydroxyl groups excluding tert-OH is 1. The quantitative estimate of drug-likeness (QED) is 0.0811. The van der Waals surface area contributed by atoms with Crippen LogP contribution < -0.4 is 0 Å². The Morgan fingerprint density at radius 3 is 1.37 bits per heavy atom. The van der Waals surface area contributed by atoms with Gasteiger partial charge in [0, 0.05) is 113 Å². The Kier molecular flexibility index (Phi) is 23.7. The van der Waals surface area contributed by atoms with Gasteiger partial charge in [-0.15, -0.1) is 62.3 Å². The van der Waals surface area contributed by atoms with Crippen molar-refractivity contribution in [3.8, 4) is 66.9 Å². The van der Waals surface area contributed by atoms with Gasteiger partial charge in [0.25, 0.3) is 0 Å². The number of carbonyl (C=O) groups is 1. The SMILES string of the molecule is Cc1ccc(-c2nn(CCN3CCN(C)CC3)c3nnc(-c4ccccc4)c(Cl)c23)s1.Clc1c(-c2ccccc2)nnc2[nH]cc(Br)c12.Clc1c(-c2ccccc2)nnc2n[nH]c(C3CC3)c12.O=C(Cn1nc(C2CC2)c2c(Cl)c(-c3ccccc3)nnc21)N1CCCC1.OCCn1nc(C2CC2)c2c(Cl)c(-c3ccccc3)nnc21. The maximum Gasteiger partial charge on any atom is 0.244 e. The first kappa shape index (κ1) is 78.4. The molecule has 3 saturated carbocycles. The zero-order valence-electron chi connectivity index (χ0n) is 63.3. The van der Waals surface area contributed by atoms with Gasteiger partial charge in [0.2, 0.25) is 11.6 Å². The number of aromatic amines is 2. The zero-order valence-corrected chi connectivity index (χ0v) is 69.5. The number of rotatable bonds is 16. The second kappa shape index (κ2) is 35.0. The monoisotopic (exact) mass is 1720 g/mol. The number of halogens is 6. The molecule has 16 aromatic rings. The van der Waals surface area contributed by atoms with Crippen molar-refractivity contribution in [1.82, 2.24) is 110 Å². The number of benzene rings is 5. The molecular formula is C85H78BrCl5N22O2S. The number of thiophene rings is 1. The van der Waals surface area contributed by atoms with Gasteiger partial charge < -0.3 is 19.9 Å². The lowest BCUT2D eigenvalue weighted by atomic mass is 10.1. The summed E-state index contributed by atoms with van der Waals surface area (Å²) in [6, 6.07) is 53.5. The normalized spacial score (nSPS) is 15.0. The van der Waals surface area contributed by atoms with Crippen molar-refractivity contribution in [3.63, 3.8) is 0 Å². The van der Waals surface area contributed by atoms with Gasteiger partial charge in [-0.25, -0.2) is 14.0 Å². The Morgan fingerprint density at radius 2 is 0.897 bits per heavy atom. The number of piperazine rings is 1. The van der Waals surface area contributed by atoms with E-state index in [0.717, 1.165) is 189 Å². The molecule has 5 aliphatic rings. The van der Waals surface area contributed by atoms with Crippen molar-refractivity contribution in [1.29, 1.82) is 0 Å². The maximum absolute atomic E-state index is 12.6. The number of fused-ring (bicyclic) bond motifs is 5. The molecule has 13 heterocycles. The topological polar surface area (TPSA) is 274 Å². The van der Waals surface area contributed by atoms with Crippen molar-refractivity contribution in [2.24, 2.45) is 0 Å². The van der Waals surface area contributed by atoms with Crippen LogP contribution in [-0.4, -0.2) is 181 Å².